The van der Waals surface area contributed by atoms with Gasteiger partial charge in [-0.2, -0.15) is 0 Å². The van der Waals surface area contributed by atoms with E-state index in [1.165, 1.54) is 18.2 Å². The average molecular weight is 255 g/mol. The number of benzene rings is 1. The minimum atomic E-state index is -0.722. The first-order chi connectivity index (χ1) is 7.58. The Balaban J connectivity index is 2.40. The molecule has 1 heterocycles. The number of hydrogen-bond donors (Lipinski definition) is 2. The van der Waals surface area contributed by atoms with Crippen molar-refractivity contribution in [3.63, 3.8) is 0 Å². The molecule has 0 aliphatic carbocycles. The molecule has 1 saturated heterocycles. The SMILES string of the molecule is O=C1NC(=S)SC1=Cc1cccc(F)c1O. The minimum absolute atomic E-state index is 0.252. The van der Waals surface area contributed by atoms with Crippen LogP contribution in [0.2, 0.25) is 0 Å². The van der Waals surface area contributed by atoms with Crippen molar-refractivity contribution in [2.24, 2.45) is 0 Å². The van der Waals surface area contributed by atoms with Crippen molar-refractivity contribution < 1.29 is 14.3 Å². The van der Waals surface area contributed by atoms with E-state index in [9.17, 15) is 14.3 Å². The van der Waals surface area contributed by atoms with Crippen LogP contribution in [0.3, 0.4) is 0 Å². The van der Waals surface area contributed by atoms with Crippen molar-refractivity contribution in [2.45, 2.75) is 0 Å². The molecule has 6 heteroatoms. The normalized spacial score (nSPS) is 17.9. The number of phenolic OH excluding ortho intramolecular Hbond substituents is 1. The van der Waals surface area contributed by atoms with Crippen LogP contribution in [-0.4, -0.2) is 15.3 Å². The van der Waals surface area contributed by atoms with E-state index in [1.807, 2.05) is 0 Å². The first-order valence-electron chi connectivity index (χ1n) is 4.30. The Morgan fingerprint density at radius 3 is 2.88 bits per heavy atom. The lowest BCUT2D eigenvalue weighted by Gasteiger charge is -2.00. The Kier molecular flexibility index (Phi) is 2.93. The van der Waals surface area contributed by atoms with Gasteiger partial charge in [0.1, 0.15) is 4.32 Å². The topological polar surface area (TPSA) is 49.3 Å². The molecule has 82 valence electrons. The van der Waals surface area contributed by atoms with Gasteiger partial charge >= 0.3 is 0 Å². The molecule has 1 amide bonds. The summed E-state index contributed by atoms with van der Waals surface area (Å²) in [5, 5.41) is 11.8. The summed E-state index contributed by atoms with van der Waals surface area (Å²) in [6.07, 6.45) is 1.40. The van der Waals surface area contributed by atoms with Crippen LogP contribution in [0, 0.1) is 5.82 Å². The standard InChI is InChI=1S/C10H6FNO2S2/c11-6-3-1-2-5(8(6)13)4-7-9(14)12-10(15)16-7/h1-4,13H,(H,12,14,15). The number of rotatable bonds is 1. The third-order valence-electron chi connectivity index (χ3n) is 1.95. The summed E-state index contributed by atoms with van der Waals surface area (Å²) < 4.78 is 13.4. The second kappa shape index (κ2) is 4.23. The van der Waals surface area contributed by atoms with E-state index in [-0.39, 0.29) is 11.5 Å². The van der Waals surface area contributed by atoms with Crippen LogP contribution in [-0.2, 0) is 4.79 Å². The quantitative estimate of drug-likeness (QED) is 0.595. The van der Waals surface area contributed by atoms with Gasteiger partial charge in [0.25, 0.3) is 5.91 Å². The number of carbonyl (C=O) groups excluding carboxylic acids is 1. The zero-order valence-electron chi connectivity index (χ0n) is 7.86. The number of phenols is 1. The van der Waals surface area contributed by atoms with Crippen LogP contribution in [0.15, 0.2) is 23.1 Å². The molecule has 1 aliphatic rings. The third kappa shape index (κ3) is 2.07. The maximum atomic E-state index is 13.0. The Bertz CT molecular complexity index is 514. The summed E-state index contributed by atoms with van der Waals surface area (Å²) in [6, 6.07) is 4.11. The van der Waals surface area contributed by atoms with Gasteiger partial charge in [0.05, 0.1) is 4.91 Å². The summed E-state index contributed by atoms with van der Waals surface area (Å²) in [7, 11) is 0. The largest absolute Gasteiger partial charge is 0.504 e. The van der Waals surface area contributed by atoms with Gasteiger partial charge in [0.15, 0.2) is 11.6 Å². The molecule has 0 spiro atoms. The van der Waals surface area contributed by atoms with Crippen molar-refractivity contribution in [3.05, 3.63) is 34.5 Å². The molecule has 0 saturated carbocycles. The van der Waals surface area contributed by atoms with Crippen LogP contribution >= 0.6 is 24.0 Å². The molecule has 0 radical (unpaired) electrons. The van der Waals surface area contributed by atoms with Crippen LogP contribution in [0.1, 0.15) is 5.56 Å². The highest BCUT2D eigenvalue weighted by Crippen LogP contribution is 2.29. The van der Waals surface area contributed by atoms with Gasteiger partial charge in [-0.1, -0.05) is 36.1 Å². The summed E-state index contributed by atoms with van der Waals surface area (Å²) in [6.45, 7) is 0. The van der Waals surface area contributed by atoms with Crippen molar-refractivity contribution in [1.29, 1.82) is 0 Å². The van der Waals surface area contributed by atoms with Gasteiger partial charge in [-0.25, -0.2) is 4.39 Å². The third-order valence-corrected chi connectivity index (χ3v) is 3.11. The summed E-state index contributed by atoms with van der Waals surface area (Å²) >= 11 is 5.88. The molecule has 2 N–H and O–H groups in total. The molecule has 16 heavy (non-hydrogen) atoms. The zero-order valence-corrected chi connectivity index (χ0v) is 9.49. The first kappa shape index (κ1) is 11.1. The average Bonchev–Trinajstić information content (AvgIpc) is 2.53. The molecule has 1 fully saturated rings. The highest BCUT2D eigenvalue weighted by Gasteiger charge is 2.22. The van der Waals surface area contributed by atoms with Gasteiger partial charge in [-0.3, -0.25) is 4.79 Å². The van der Waals surface area contributed by atoms with Crippen LogP contribution in [0.25, 0.3) is 6.08 Å². The van der Waals surface area contributed by atoms with E-state index >= 15 is 0 Å². The Morgan fingerprint density at radius 1 is 1.50 bits per heavy atom. The lowest BCUT2D eigenvalue weighted by Crippen LogP contribution is -2.17. The maximum Gasteiger partial charge on any atom is 0.263 e. The fraction of sp³-hybridized carbons (Fsp3) is 0. The molecular weight excluding hydrogens is 249 g/mol. The fourth-order valence-electron chi connectivity index (χ4n) is 1.21. The smallest absolute Gasteiger partial charge is 0.263 e. The number of nitrogens with one attached hydrogen (secondary N) is 1. The maximum absolute atomic E-state index is 13.0. The lowest BCUT2D eigenvalue weighted by atomic mass is 10.2. The number of amides is 1. The van der Waals surface area contributed by atoms with Crippen molar-refractivity contribution in [3.8, 4) is 5.75 Å². The molecule has 2 rings (SSSR count). The second-order valence-electron chi connectivity index (χ2n) is 3.03. The van der Waals surface area contributed by atoms with Crippen molar-refractivity contribution >= 4 is 40.3 Å². The summed E-state index contributed by atoms with van der Waals surface area (Å²) in [5.41, 5.74) is 0.252. The van der Waals surface area contributed by atoms with E-state index < -0.39 is 11.6 Å². The Morgan fingerprint density at radius 2 is 2.25 bits per heavy atom. The number of thioether (sulfide) groups is 1. The van der Waals surface area contributed by atoms with Gasteiger partial charge in [-0.15, -0.1) is 0 Å². The lowest BCUT2D eigenvalue weighted by molar-refractivity contribution is -0.115. The Labute approximate surface area is 100 Å². The second-order valence-corrected chi connectivity index (χ2v) is 4.75. The highest BCUT2D eigenvalue weighted by atomic mass is 32.2. The predicted molar refractivity (Wildman–Crippen MR) is 64.4 cm³/mol. The first-order valence-corrected chi connectivity index (χ1v) is 5.53. The van der Waals surface area contributed by atoms with Gasteiger partial charge in [-0.05, 0) is 12.1 Å². The van der Waals surface area contributed by atoms with Crippen LogP contribution < -0.4 is 5.32 Å². The van der Waals surface area contributed by atoms with E-state index in [4.69, 9.17) is 12.2 Å². The monoisotopic (exact) mass is 255 g/mol. The van der Waals surface area contributed by atoms with E-state index in [1.54, 1.807) is 0 Å². The number of para-hydroxylation sites is 1. The molecule has 0 aromatic heterocycles. The molecule has 0 bridgehead atoms. The molecule has 0 atom stereocenters. The van der Waals surface area contributed by atoms with Crippen molar-refractivity contribution in [1.82, 2.24) is 5.32 Å². The number of halogens is 1. The number of aromatic hydroxyl groups is 1. The summed E-state index contributed by atoms with van der Waals surface area (Å²) in [5.74, 6) is -1.53. The van der Waals surface area contributed by atoms with Gasteiger partial charge in [0, 0.05) is 5.56 Å². The van der Waals surface area contributed by atoms with E-state index in [0.717, 1.165) is 17.8 Å². The molecule has 0 unspecified atom stereocenters. The number of carbonyl (C=O) groups is 1. The van der Waals surface area contributed by atoms with Crippen LogP contribution in [0.4, 0.5) is 4.39 Å². The minimum Gasteiger partial charge on any atom is -0.504 e. The number of hydrogen-bond acceptors (Lipinski definition) is 4. The zero-order chi connectivity index (χ0) is 11.7. The molecular formula is C10H6FNO2S2. The van der Waals surface area contributed by atoms with Crippen LogP contribution in [0.5, 0.6) is 5.75 Å². The molecule has 3 nitrogen and oxygen atoms in total. The van der Waals surface area contributed by atoms with Crippen molar-refractivity contribution in [2.75, 3.05) is 0 Å². The van der Waals surface area contributed by atoms with Gasteiger partial charge < -0.3 is 10.4 Å². The number of thiocarbonyl (C=S) groups is 1. The van der Waals surface area contributed by atoms with E-state index in [0.29, 0.717) is 9.23 Å². The predicted octanol–water partition coefficient (Wildman–Crippen LogP) is 2.02. The Hall–Kier alpha value is -1.40. The molecule has 1 aliphatic heterocycles. The summed E-state index contributed by atoms with van der Waals surface area (Å²) in [4.78, 5) is 11.7. The van der Waals surface area contributed by atoms with E-state index in [2.05, 4.69) is 5.32 Å². The highest BCUT2D eigenvalue weighted by molar-refractivity contribution is 8.26. The van der Waals surface area contributed by atoms with Gasteiger partial charge in [0.2, 0.25) is 0 Å². The fourth-order valence-corrected chi connectivity index (χ4v) is 2.25. The molecule has 1 aromatic rings. The molecule has 1 aromatic carbocycles.